The molecule has 0 spiro atoms. The molecule has 1 fully saturated rings. The molecule has 2 N–H and O–H groups in total. The first-order valence-electron chi connectivity index (χ1n) is 11.2. The summed E-state index contributed by atoms with van der Waals surface area (Å²) in [6.07, 6.45) is 2.59. The number of sulfonamides is 1. The zero-order valence-electron chi connectivity index (χ0n) is 19.5. The number of hydrogen-bond donors (Lipinski definition) is 2. The summed E-state index contributed by atoms with van der Waals surface area (Å²) in [7, 11) is -3.29. The van der Waals surface area contributed by atoms with Crippen LogP contribution < -0.4 is 10.0 Å². The lowest BCUT2D eigenvalue weighted by molar-refractivity contribution is -0.120. The van der Waals surface area contributed by atoms with Crippen LogP contribution in [0.5, 0.6) is 0 Å². The Balaban J connectivity index is 1.91. The summed E-state index contributed by atoms with van der Waals surface area (Å²) in [6, 6.07) is 7.10. The minimum atomic E-state index is -3.29. The lowest BCUT2D eigenvalue weighted by Gasteiger charge is -2.31. The molecular weight excluding hydrogens is 414 g/mol. The Morgan fingerprint density at radius 2 is 1.42 bits per heavy atom. The molecule has 8 heteroatoms. The van der Waals surface area contributed by atoms with Crippen molar-refractivity contribution in [1.82, 2.24) is 9.62 Å². The molecule has 31 heavy (non-hydrogen) atoms. The summed E-state index contributed by atoms with van der Waals surface area (Å²) in [5, 5.41) is 2.47. The van der Waals surface area contributed by atoms with Crippen molar-refractivity contribution in [3.8, 4) is 0 Å². The van der Waals surface area contributed by atoms with E-state index in [1.807, 2.05) is 32.6 Å². The van der Waals surface area contributed by atoms with Crippen LogP contribution in [0.3, 0.4) is 0 Å². The van der Waals surface area contributed by atoms with E-state index in [2.05, 4.69) is 10.0 Å². The van der Waals surface area contributed by atoms with Gasteiger partial charge in [0, 0.05) is 35.3 Å². The van der Waals surface area contributed by atoms with Gasteiger partial charge in [0.1, 0.15) is 0 Å². The van der Waals surface area contributed by atoms with Crippen LogP contribution in [-0.4, -0.2) is 48.5 Å². The molecule has 1 aromatic carbocycles. The van der Waals surface area contributed by atoms with Gasteiger partial charge in [-0.1, -0.05) is 0 Å². The van der Waals surface area contributed by atoms with Crippen molar-refractivity contribution < 1.29 is 18.0 Å². The molecule has 2 rings (SSSR count). The Bertz CT molecular complexity index is 847. The number of anilines is 1. The second-order valence-electron chi connectivity index (χ2n) is 9.23. The first-order chi connectivity index (χ1) is 14.4. The molecule has 0 saturated heterocycles. The number of nitrogens with one attached hydrogen (secondary N) is 2. The third-order valence-corrected chi connectivity index (χ3v) is 7.70. The van der Waals surface area contributed by atoms with Gasteiger partial charge in [-0.15, -0.1) is 0 Å². The van der Waals surface area contributed by atoms with Crippen molar-refractivity contribution in [3.63, 3.8) is 0 Å². The van der Waals surface area contributed by atoms with E-state index in [0.717, 1.165) is 0 Å². The Morgan fingerprint density at radius 3 is 1.87 bits per heavy atom. The summed E-state index contributed by atoms with van der Waals surface area (Å²) in [5.41, 5.74) is 1.25. The number of carbonyl (C=O) groups excluding carboxylic acids is 2. The van der Waals surface area contributed by atoms with Crippen LogP contribution in [0.2, 0.25) is 0 Å². The van der Waals surface area contributed by atoms with Gasteiger partial charge in [-0.05, 0) is 91.5 Å². The highest BCUT2D eigenvalue weighted by Gasteiger charge is 2.29. The minimum Gasteiger partial charge on any atom is -0.334 e. The summed E-state index contributed by atoms with van der Waals surface area (Å²) >= 11 is 0. The monoisotopic (exact) mass is 451 g/mol. The van der Waals surface area contributed by atoms with Crippen LogP contribution in [0.15, 0.2) is 24.3 Å². The zero-order valence-corrected chi connectivity index (χ0v) is 20.3. The number of hydrogen-bond acceptors (Lipinski definition) is 4. The minimum absolute atomic E-state index is 0.0231. The van der Waals surface area contributed by atoms with Gasteiger partial charge in [0.25, 0.3) is 5.91 Å². The number of benzene rings is 1. The number of rotatable bonds is 8. The highest BCUT2D eigenvalue weighted by atomic mass is 32.2. The highest BCUT2D eigenvalue weighted by molar-refractivity contribution is 7.90. The van der Waals surface area contributed by atoms with Crippen molar-refractivity contribution in [2.75, 3.05) is 5.32 Å². The van der Waals surface area contributed by atoms with E-state index < -0.39 is 15.3 Å². The highest BCUT2D eigenvalue weighted by Crippen LogP contribution is 2.26. The maximum atomic E-state index is 12.8. The summed E-state index contributed by atoms with van der Waals surface area (Å²) < 4.78 is 26.8. The topological polar surface area (TPSA) is 95.6 Å². The molecule has 0 atom stereocenters. The Hall–Kier alpha value is -1.93. The lowest BCUT2D eigenvalue weighted by Crippen LogP contribution is -2.42. The summed E-state index contributed by atoms with van der Waals surface area (Å²) in [5.74, 6) is -0.223. The molecule has 0 aliphatic heterocycles. The molecule has 0 radical (unpaired) electrons. The molecule has 7 nitrogen and oxygen atoms in total. The Labute approximate surface area is 187 Å². The van der Waals surface area contributed by atoms with E-state index in [-0.39, 0.29) is 35.9 Å². The average molecular weight is 452 g/mol. The number of carbonyl (C=O) groups is 2. The van der Waals surface area contributed by atoms with Gasteiger partial charge < -0.3 is 10.2 Å². The predicted octanol–water partition coefficient (Wildman–Crippen LogP) is 3.77. The van der Waals surface area contributed by atoms with Crippen LogP contribution in [0.25, 0.3) is 0 Å². The smallest absolute Gasteiger partial charge is 0.254 e. The zero-order chi connectivity index (χ0) is 23.3. The molecule has 174 valence electrons. The second-order valence-corrected chi connectivity index (χ2v) is 11.5. The maximum Gasteiger partial charge on any atom is 0.254 e. The van der Waals surface area contributed by atoms with Gasteiger partial charge in [0.2, 0.25) is 15.9 Å². The van der Waals surface area contributed by atoms with Gasteiger partial charge in [-0.2, -0.15) is 0 Å². The molecule has 0 unspecified atom stereocenters. The fourth-order valence-corrected chi connectivity index (χ4v) is 4.97. The maximum absolute atomic E-state index is 12.8. The van der Waals surface area contributed by atoms with Crippen LogP contribution in [0.1, 0.15) is 77.6 Å². The summed E-state index contributed by atoms with van der Waals surface area (Å²) in [6.45, 7) is 11.3. The second kappa shape index (κ2) is 10.6. The van der Waals surface area contributed by atoms with Gasteiger partial charge in [0.05, 0.1) is 5.25 Å². The molecule has 1 aromatic rings. The molecule has 0 aromatic heterocycles. The van der Waals surface area contributed by atoms with Crippen molar-refractivity contribution in [2.24, 2.45) is 5.92 Å². The summed E-state index contributed by atoms with van der Waals surface area (Å²) in [4.78, 5) is 27.3. The lowest BCUT2D eigenvalue weighted by atomic mass is 9.86. The quantitative estimate of drug-likeness (QED) is 0.629. The predicted molar refractivity (Wildman–Crippen MR) is 124 cm³/mol. The molecule has 0 bridgehead atoms. The van der Waals surface area contributed by atoms with E-state index in [4.69, 9.17) is 0 Å². The normalized spacial score (nSPS) is 19.6. The Morgan fingerprint density at radius 1 is 0.903 bits per heavy atom. The molecule has 2 amide bonds. The molecule has 1 aliphatic carbocycles. The third-order valence-electron chi connectivity index (χ3n) is 5.80. The van der Waals surface area contributed by atoms with Crippen molar-refractivity contribution in [2.45, 2.75) is 90.6 Å². The van der Waals surface area contributed by atoms with E-state index in [1.54, 1.807) is 38.1 Å². The van der Waals surface area contributed by atoms with E-state index in [9.17, 15) is 18.0 Å². The fourth-order valence-electron chi connectivity index (χ4n) is 4.00. The van der Waals surface area contributed by atoms with Gasteiger partial charge in [-0.25, -0.2) is 13.1 Å². The van der Waals surface area contributed by atoms with E-state index >= 15 is 0 Å². The average Bonchev–Trinajstić information content (AvgIpc) is 2.68. The van der Waals surface area contributed by atoms with Crippen LogP contribution >= 0.6 is 0 Å². The standard InChI is InChI=1S/C23H37N3O4S/c1-15(2)26(16(3)4)23(28)19-9-11-20(12-10-19)24-22(27)18-7-13-21(14-8-18)25-31(29,30)17(5)6/h9-12,15-18,21,25H,7-8,13-14H2,1-6H3,(H,24,27)/t18-,21-. The first kappa shape index (κ1) is 25.3. The van der Waals surface area contributed by atoms with Gasteiger partial charge in [0.15, 0.2) is 0 Å². The molecule has 0 heterocycles. The first-order valence-corrected chi connectivity index (χ1v) is 12.7. The van der Waals surface area contributed by atoms with Gasteiger partial charge >= 0.3 is 0 Å². The van der Waals surface area contributed by atoms with Crippen molar-refractivity contribution in [1.29, 1.82) is 0 Å². The number of nitrogens with zero attached hydrogens (tertiary/aromatic N) is 1. The largest absolute Gasteiger partial charge is 0.334 e. The van der Waals surface area contributed by atoms with Crippen LogP contribution in [0, 0.1) is 5.92 Å². The fraction of sp³-hybridized carbons (Fsp3) is 0.652. The van der Waals surface area contributed by atoms with E-state index in [1.165, 1.54) is 0 Å². The molecule has 1 saturated carbocycles. The van der Waals surface area contributed by atoms with Gasteiger partial charge in [-0.3, -0.25) is 9.59 Å². The third kappa shape index (κ3) is 6.77. The van der Waals surface area contributed by atoms with Crippen LogP contribution in [0.4, 0.5) is 5.69 Å². The Kier molecular flexibility index (Phi) is 8.65. The van der Waals surface area contributed by atoms with E-state index in [0.29, 0.717) is 36.9 Å². The van der Waals surface area contributed by atoms with Crippen molar-refractivity contribution in [3.05, 3.63) is 29.8 Å². The molecule has 1 aliphatic rings. The van der Waals surface area contributed by atoms with Crippen molar-refractivity contribution >= 4 is 27.5 Å². The SMILES string of the molecule is CC(C)N(C(=O)c1ccc(NC(=O)[C@H]2CC[C@H](NS(=O)(=O)C(C)C)CC2)cc1)C(C)C. The molecular formula is C23H37N3O4S. The van der Waals surface area contributed by atoms with Crippen LogP contribution in [-0.2, 0) is 14.8 Å². The number of amides is 2.